The van der Waals surface area contributed by atoms with Gasteiger partial charge in [-0.25, -0.2) is 0 Å². The molecular formula is C20H21N3OS. The van der Waals surface area contributed by atoms with Gasteiger partial charge < -0.3 is 9.42 Å². The number of thiophene rings is 1. The fraction of sp³-hybridized carbons (Fsp3) is 0.300. The highest BCUT2D eigenvalue weighted by atomic mass is 32.1. The Hall–Kier alpha value is -2.40. The van der Waals surface area contributed by atoms with E-state index in [2.05, 4.69) is 52.3 Å². The molecule has 128 valence electrons. The minimum absolute atomic E-state index is 0.525. The lowest BCUT2D eigenvalue weighted by atomic mass is 9.98. The molecule has 5 heteroatoms. The van der Waals surface area contributed by atoms with Gasteiger partial charge in [0.2, 0.25) is 5.82 Å². The zero-order valence-corrected chi connectivity index (χ0v) is 15.1. The standard InChI is InChI=1S/C20H21N3OS/c1-15-10-12-23(13-11-15)17-6-4-16(5-7-17)20-21-19(24-22-20)9-8-18-3-2-14-25-18/h2-9,14-15H,10-13H2,1H3/b9-8+. The van der Waals surface area contributed by atoms with Crippen LogP contribution in [0.1, 0.15) is 30.5 Å². The maximum absolute atomic E-state index is 5.32. The van der Waals surface area contributed by atoms with Gasteiger partial charge in [0.25, 0.3) is 5.89 Å². The Balaban J connectivity index is 1.45. The van der Waals surface area contributed by atoms with Gasteiger partial charge in [0.05, 0.1) is 0 Å². The van der Waals surface area contributed by atoms with Crippen molar-refractivity contribution < 1.29 is 4.52 Å². The van der Waals surface area contributed by atoms with Gasteiger partial charge in [-0.1, -0.05) is 18.1 Å². The highest BCUT2D eigenvalue weighted by Crippen LogP contribution is 2.25. The summed E-state index contributed by atoms with van der Waals surface area (Å²) >= 11 is 1.68. The van der Waals surface area contributed by atoms with Crippen molar-refractivity contribution in [2.45, 2.75) is 19.8 Å². The first-order chi connectivity index (χ1) is 12.3. The average Bonchev–Trinajstić information content (AvgIpc) is 3.33. The third-order valence-corrected chi connectivity index (χ3v) is 5.49. The second kappa shape index (κ2) is 7.23. The van der Waals surface area contributed by atoms with E-state index in [0.717, 1.165) is 24.6 Å². The molecule has 0 N–H and O–H groups in total. The Bertz CT molecular complexity index is 828. The number of nitrogens with zero attached hydrogens (tertiary/aromatic N) is 3. The third-order valence-electron chi connectivity index (χ3n) is 4.65. The van der Waals surface area contributed by atoms with Crippen LogP contribution >= 0.6 is 11.3 Å². The maximum Gasteiger partial charge on any atom is 0.250 e. The van der Waals surface area contributed by atoms with E-state index in [1.165, 1.54) is 23.4 Å². The largest absolute Gasteiger partial charge is 0.372 e. The molecule has 4 rings (SSSR count). The van der Waals surface area contributed by atoms with Crippen LogP contribution in [0, 0.1) is 5.92 Å². The van der Waals surface area contributed by atoms with E-state index in [0.29, 0.717) is 11.7 Å². The summed E-state index contributed by atoms with van der Waals surface area (Å²) in [5, 5.41) is 6.14. The van der Waals surface area contributed by atoms with E-state index in [-0.39, 0.29) is 0 Å². The van der Waals surface area contributed by atoms with Crippen molar-refractivity contribution in [3.05, 3.63) is 52.5 Å². The molecule has 1 aliphatic rings. The van der Waals surface area contributed by atoms with Gasteiger partial charge in [-0.05, 0) is 60.5 Å². The summed E-state index contributed by atoms with van der Waals surface area (Å²) in [4.78, 5) is 8.08. The van der Waals surface area contributed by atoms with Gasteiger partial charge >= 0.3 is 0 Å². The van der Waals surface area contributed by atoms with Crippen molar-refractivity contribution in [3.8, 4) is 11.4 Å². The first-order valence-corrected chi connectivity index (χ1v) is 9.56. The number of rotatable bonds is 4. The molecule has 4 nitrogen and oxygen atoms in total. The molecule has 0 bridgehead atoms. The fourth-order valence-electron chi connectivity index (χ4n) is 3.05. The average molecular weight is 351 g/mol. The van der Waals surface area contributed by atoms with Crippen LogP contribution in [-0.4, -0.2) is 23.2 Å². The summed E-state index contributed by atoms with van der Waals surface area (Å²) < 4.78 is 5.32. The van der Waals surface area contributed by atoms with Crippen molar-refractivity contribution in [2.24, 2.45) is 5.92 Å². The van der Waals surface area contributed by atoms with Crippen LogP contribution in [-0.2, 0) is 0 Å². The SMILES string of the molecule is CC1CCN(c2ccc(-c3noc(/C=C/c4cccs4)n3)cc2)CC1. The summed E-state index contributed by atoms with van der Waals surface area (Å²) in [6, 6.07) is 12.5. The quantitative estimate of drug-likeness (QED) is 0.647. The monoisotopic (exact) mass is 351 g/mol. The van der Waals surface area contributed by atoms with E-state index in [1.807, 2.05) is 23.6 Å². The Kier molecular flexibility index (Phi) is 4.65. The molecule has 0 atom stereocenters. The summed E-state index contributed by atoms with van der Waals surface area (Å²) in [6.07, 6.45) is 6.38. The van der Waals surface area contributed by atoms with Crippen molar-refractivity contribution in [3.63, 3.8) is 0 Å². The van der Waals surface area contributed by atoms with Crippen molar-refractivity contribution in [2.75, 3.05) is 18.0 Å². The lowest BCUT2D eigenvalue weighted by Crippen LogP contribution is -2.32. The summed E-state index contributed by atoms with van der Waals surface area (Å²) in [6.45, 7) is 4.61. The van der Waals surface area contributed by atoms with E-state index in [1.54, 1.807) is 11.3 Å². The molecule has 0 unspecified atom stereocenters. The van der Waals surface area contributed by atoms with Crippen molar-refractivity contribution in [1.29, 1.82) is 0 Å². The molecular weight excluding hydrogens is 330 g/mol. The third kappa shape index (κ3) is 3.82. The van der Waals surface area contributed by atoms with Crippen LogP contribution in [0.25, 0.3) is 23.5 Å². The molecule has 0 saturated carbocycles. The number of anilines is 1. The molecule has 1 aliphatic heterocycles. The first-order valence-electron chi connectivity index (χ1n) is 8.68. The zero-order valence-electron chi connectivity index (χ0n) is 14.3. The molecule has 0 amide bonds. The molecule has 1 fully saturated rings. The number of hydrogen-bond acceptors (Lipinski definition) is 5. The van der Waals surface area contributed by atoms with Crippen LogP contribution < -0.4 is 4.90 Å². The van der Waals surface area contributed by atoms with E-state index < -0.39 is 0 Å². The Labute approximate surface area is 151 Å². The predicted octanol–water partition coefficient (Wildman–Crippen LogP) is 5.20. The van der Waals surface area contributed by atoms with Crippen LogP contribution in [0.3, 0.4) is 0 Å². The molecule has 3 aromatic rings. The second-order valence-corrected chi connectivity index (χ2v) is 7.50. The number of piperidine rings is 1. The highest BCUT2D eigenvalue weighted by molar-refractivity contribution is 7.10. The number of hydrogen-bond donors (Lipinski definition) is 0. The van der Waals surface area contributed by atoms with Crippen molar-refractivity contribution >= 4 is 29.2 Å². The lowest BCUT2D eigenvalue weighted by molar-refractivity contribution is 0.411. The Morgan fingerprint density at radius 2 is 1.92 bits per heavy atom. The van der Waals surface area contributed by atoms with Crippen LogP contribution in [0.4, 0.5) is 5.69 Å². The Morgan fingerprint density at radius 3 is 2.64 bits per heavy atom. The first kappa shape index (κ1) is 16.1. The normalized spacial score (nSPS) is 16.0. The molecule has 1 saturated heterocycles. The summed E-state index contributed by atoms with van der Waals surface area (Å²) in [7, 11) is 0. The van der Waals surface area contributed by atoms with Crippen LogP contribution in [0.15, 0.2) is 46.3 Å². The Morgan fingerprint density at radius 1 is 1.12 bits per heavy atom. The smallest absolute Gasteiger partial charge is 0.250 e. The van der Waals surface area contributed by atoms with Gasteiger partial charge in [-0.2, -0.15) is 4.98 Å². The molecule has 0 spiro atoms. The maximum atomic E-state index is 5.32. The molecule has 0 radical (unpaired) electrons. The molecule has 0 aliphatic carbocycles. The zero-order chi connectivity index (χ0) is 17.1. The highest BCUT2D eigenvalue weighted by Gasteiger charge is 2.16. The van der Waals surface area contributed by atoms with E-state index in [4.69, 9.17) is 4.52 Å². The minimum atomic E-state index is 0.525. The molecule has 1 aromatic carbocycles. The van der Waals surface area contributed by atoms with Gasteiger partial charge in [0.15, 0.2) is 0 Å². The molecule has 3 heterocycles. The van der Waals surface area contributed by atoms with Gasteiger partial charge in [0.1, 0.15) is 0 Å². The summed E-state index contributed by atoms with van der Waals surface area (Å²) in [5.41, 5.74) is 2.26. The number of aromatic nitrogens is 2. The van der Waals surface area contributed by atoms with Gasteiger partial charge in [-0.15, -0.1) is 11.3 Å². The lowest BCUT2D eigenvalue weighted by Gasteiger charge is -2.32. The van der Waals surface area contributed by atoms with Crippen LogP contribution in [0.5, 0.6) is 0 Å². The topological polar surface area (TPSA) is 42.2 Å². The van der Waals surface area contributed by atoms with Gasteiger partial charge in [0, 0.05) is 35.3 Å². The fourth-order valence-corrected chi connectivity index (χ4v) is 3.67. The van der Waals surface area contributed by atoms with Crippen LogP contribution in [0.2, 0.25) is 0 Å². The van der Waals surface area contributed by atoms with E-state index >= 15 is 0 Å². The summed E-state index contributed by atoms with van der Waals surface area (Å²) in [5.74, 6) is 2.00. The predicted molar refractivity (Wildman–Crippen MR) is 104 cm³/mol. The minimum Gasteiger partial charge on any atom is -0.372 e. The van der Waals surface area contributed by atoms with Gasteiger partial charge in [-0.3, -0.25) is 0 Å². The molecule has 2 aromatic heterocycles. The second-order valence-electron chi connectivity index (χ2n) is 6.52. The number of benzene rings is 1. The van der Waals surface area contributed by atoms with E-state index in [9.17, 15) is 0 Å². The molecule has 25 heavy (non-hydrogen) atoms. The van der Waals surface area contributed by atoms with Crippen molar-refractivity contribution in [1.82, 2.24) is 10.1 Å².